The van der Waals surface area contributed by atoms with Gasteiger partial charge in [0.25, 0.3) is 0 Å². The fourth-order valence-corrected chi connectivity index (χ4v) is 0.980. The molecule has 0 radical (unpaired) electrons. The molecular formula is C6H3F3N4. The van der Waals surface area contributed by atoms with Crippen LogP contribution >= 0.6 is 0 Å². The molecule has 1 N–H and O–H groups in total. The predicted molar refractivity (Wildman–Crippen MR) is 36.7 cm³/mol. The van der Waals surface area contributed by atoms with Crippen molar-refractivity contribution in [2.45, 2.75) is 6.18 Å². The monoisotopic (exact) mass is 188 g/mol. The number of aromatic amines is 1. The highest BCUT2D eigenvalue weighted by molar-refractivity contribution is 5.72. The molecule has 0 bridgehead atoms. The minimum Gasteiger partial charge on any atom is -0.341 e. The van der Waals surface area contributed by atoms with Gasteiger partial charge >= 0.3 is 6.18 Å². The first kappa shape index (κ1) is 7.96. The second-order valence-corrected chi connectivity index (χ2v) is 2.32. The minimum atomic E-state index is -4.48. The first-order valence-corrected chi connectivity index (χ1v) is 3.30. The molecule has 0 atom stereocenters. The third-order valence-corrected chi connectivity index (χ3v) is 1.49. The van der Waals surface area contributed by atoms with E-state index in [-0.39, 0.29) is 11.2 Å². The van der Waals surface area contributed by atoms with Gasteiger partial charge < -0.3 is 4.98 Å². The van der Waals surface area contributed by atoms with Gasteiger partial charge in [0.05, 0.1) is 6.33 Å². The highest BCUT2D eigenvalue weighted by Gasteiger charge is 2.35. The van der Waals surface area contributed by atoms with E-state index in [2.05, 4.69) is 19.9 Å². The number of hydrogen-bond donors (Lipinski definition) is 1. The number of halogens is 3. The summed E-state index contributed by atoms with van der Waals surface area (Å²) < 4.78 is 36.8. The standard InChI is InChI=1S/C6H3F3N4/c7-6(8,9)4-3-5(12-1-10-3)13-2-11-4/h1-2H,(H,10,11,12,13). The van der Waals surface area contributed by atoms with E-state index >= 15 is 0 Å². The Morgan fingerprint density at radius 2 is 1.92 bits per heavy atom. The second kappa shape index (κ2) is 2.41. The molecule has 0 spiro atoms. The molecule has 2 heterocycles. The summed E-state index contributed by atoms with van der Waals surface area (Å²) >= 11 is 0. The zero-order valence-corrected chi connectivity index (χ0v) is 6.13. The van der Waals surface area contributed by atoms with Gasteiger partial charge in [-0.05, 0) is 0 Å². The van der Waals surface area contributed by atoms with Crippen molar-refractivity contribution in [2.75, 3.05) is 0 Å². The summed E-state index contributed by atoms with van der Waals surface area (Å²) in [6, 6.07) is 0. The fourth-order valence-electron chi connectivity index (χ4n) is 0.980. The van der Waals surface area contributed by atoms with Crippen molar-refractivity contribution in [1.29, 1.82) is 0 Å². The molecule has 0 aliphatic rings. The Morgan fingerprint density at radius 3 is 2.62 bits per heavy atom. The maximum atomic E-state index is 12.3. The molecule has 4 nitrogen and oxygen atoms in total. The lowest BCUT2D eigenvalue weighted by Crippen LogP contribution is -2.09. The minimum absolute atomic E-state index is 0.0160. The third-order valence-electron chi connectivity index (χ3n) is 1.49. The highest BCUT2D eigenvalue weighted by Crippen LogP contribution is 2.30. The van der Waals surface area contributed by atoms with Crippen molar-refractivity contribution in [2.24, 2.45) is 0 Å². The lowest BCUT2D eigenvalue weighted by molar-refractivity contribution is -0.140. The van der Waals surface area contributed by atoms with Crippen LogP contribution in [0, 0.1) is 0 Å². The van der Waals surface area contributed by atoms with Crippen LogP contribution in [-0.2, 0) is 6.18 Å². The van der Waals surface area contributed by atoms with Gasteiger partial charge in [-0.15, -0.1) is 0 Å². The van der Waals surface area contributed by atoms with Crippen LogP contribution in [-0.4, -0.2) is 19.9 Å². The van der Waals surface area contributed by atoms with Crippen molar-refractivity contribution < 1.29 is 13.2 Å². The van der Waals surface area contributed by atoms with Crippen molar-refractivity contribution in [1.82, 2.24) is 19.9 Å². The Kier molecular flexibility index (Phi) is 1.48. The van der Waals surface area contributed by atoms with E-state index in [1.807, 2.05) is 0 Å². The number of nitrogens with zero attached hydrogens (tertiary/aromatic N) is 3. The molecule has 0 unspecified atom stereocenters. The van der Waals surface area contributed by atoms with Crippen LogP contribution in [0.1, 0.15) is 5.69 Å². The maximum absolute atomic E-state index is 12.3. The van der Waals surface area contributed by atoms with Crippen molar-refractivity contribution in [3.05, 3.63) is 18.3 Å². The number of H-pyrrole nitrogens is 1. The summed E-state index contributed by atoms with van der Waals surface area (Å²) in [5.41, 5.74) is -1.16. The topological polar surface area (TPSA) is 54.5 Å². The van der Waals surface area contributed by atoms with E-state index in [9.17, 15) is 13.2 Å². The Balaban J connectivity index is 2.75. The van der Waals surface area contributed by atoms with Gasteiger partial charge in [0.15, 0.2) is 11.3 Å². The van der Waals surface area contributed by atoms with Gasteiger partial charge in [0.1, 0.15) is 11.8 Å². The number of imidazole rings is 1. The summed E-state index contributed by atoms with van der Waals surface area (Å²) in [6.45, 7) is 0. The summed E-state index contributed by atoms with van der Waals surface area (Å²) in [6.07, 6.45) is -2.49. The zero-order chi connectivity index (χ0) is 9.47. The normalized spacial score (nSPS) is 12.2. The number of fused-ring (bicyclic) bond motifs is 1. The molecule has 0 saturated heterocycles. The molecular weight excluding hydrogens is 185 g/mol. The molecule has 0 fully saturated rings. The first-order valence-electron chi connectivity index (χ1n) is 3.30. The van der Waals surface area contributed by atoms with Crippen LogP contribution in [0.5, 0.6) is 0 Å². The Labute approximate surface area is 69.8 Å². The van der Waals surface area contributed by atoms with Crippen LogP contribution in [0.25, 0.3) is 11.2 Å². The number of aromatic nitrogens is 4. The maximum Gasteiger partial charge on any atom is 0.435 e. The Morgan fingerprint density at radius 1 is 1.15 bits per heavy atom. The highest BCUT2D eigenvalue weighted by atomic mass is 19.4. The molecule has 0 saturated carbocycles. The van der Waals surface area contributed by atoms with Gasteiger partial charge in [-0.1, -0.05) is 0 Å². The first-order chi connectivity index (χ1) is 6.09. The van der Waals surface area contributed by atoms with Crippen LogP contribution in [0.3, 0.4) is 0 Å². The zero-order valence-electron chi connectivity index (χ0n) is 6.13. The molecule has 0 aromatic carbocycles. The van der Waals surface area contributed by atoms with Crippen molar-refractivity contribution in [3.8, 4) is 0 Å². The van der Waals surface area contributed by atoms with Gasteiger partial charge in [0, 0.05) is 0 Å². The second-order valence-electron chi connectivity index (χ2n) is 2.32. The summed E-state index contributed by atoms with van der Waals surface area (Å²) in [5, 5.41) is 0. The van der Waals surface area contributed by atoms with Crippen molar-refractivity contribution >= 4 is 11.2 Å². The lowest BCUT2D eigenvalue weighted by atomic mass is 10.3. The quantitative estimate of drug-likeness (QED) is 0.679. The predicted octanol–water partition coefficient (Wildman–Crippen LogP) is 1.37. The van der Waals surface area contributed by atoms with E-state index in [0.29, 0.717) is 0 Å². The average molecular weight is 188 g/mol. The Hall–Kier alpha value is -1.66. The van der Waals surface area contributed by atoms with Crippen molar-refractivity contribution in [3.63, 3.8) is 0 Å². The number of hydrogen-bond acceptors (Lipinski definition) is 3. The van der Waals surface area contributed by atoms with E-state index in [1.54, 1.807) is 0 Å². The molecule has 7 heteroatoms. The molecule has 13 heavy (non-hydrogen) atoms. The third kappa shape index (κ3) is 1.21. The van der Waals surface area contributed by atoms with Crippen LogP contribution < -0.4 is 0 Å². The van der Waals surface area contributed by atoms with E-state index in [0.717, 1.165) is 12.7 Å². The number of nitrogens with one attached hydrogen (secondary N) is 1. The average Bonchev–Trinajstić information content (AvgIpc) is 2.48. The number of rotatable bonds is 0. The number of alkyl halides is 3. The van der Waals surface area contributed by atoms with Gasteiger partial charge in [-0.25, -0.2) is 15.0 Å². The summed E-state index contributed by atoms with van der Waals surface area (Å²) in [5.74, 6) is 0. The van der Waals surface area contributed by atoms with Crippen LogP contribution in [0.15, 0.2) is 12.7 Å². The SMILES string of the molecule is FC(F)(F)c1ncnc2nc[nH]c12. The molecule has 0 aliphatic heterocycles. The molecule has 2 aromatic rings. The molecule has 68 valence electrons. The largest absolute Gasteiger partial charge is 0.435 e. The smallest absolute Gasteiger partial charge is 0.341 e. The lowest BCUT2D eigenvalue weighted by Gasteiger charge is -2.04. The van der Waals surface area contributed by atoms with Gasteiger partial charge in [-0.3, -0.25) is 0 Å². The molecule has 0 aliphatic carbocycles. The molecule has 2 aromatic heterocycles. The van der Waals surface area contributed by atoms with Gasteiger partial charge in [-0.2, -0.15) is 13.2 Å². The fraction of sp³-hybridized carbons (Fsp3) is 0.167. The molecule has 2 rings (SSSR count). The van der Waals surface area contributed by atoms with E-state index in [4.69, 9.17) is 0 Å². The van der Waals surface area contributed by atoms with E-state index < -0.39 is 11.9 Å². The van der Waals surface area contributed by atoms with Crippen LogP contribution in [0.4, 0.5) is 13.2 Å². The van der Waals surface area contributed by atoms with E-state index in [1.165, 1.54) is 0 Å². The Bertz CT molecular complexity index is 433. The van der Waals surface area contributed by atoms with Gasteiger partial charge in [0.2, 0.25) is 0 Å². The van der Waals surface area contributed by atoms with Crippen LogP contribution in [0.2, 0.25) is 0 Å². The summed E-state index contributed by atoms with van der Waals surface area (Å²) in [7, 11) is 0. The summed E-state index contributed by atoms with van der Waals surface area (Å²) in [4.78, 5) is 12.6. The molecule has 0 amide bonds.